The summed E-state index contributed by atoms with van der Waals surface area (Å²) in [4.78, 5) is 15.3. The van der Waals surface area contributed by atoms with Crippen molar-refractivity contribution < 1.29 is 4.42 Å². The highest BCUT2D eigenvalue weighted by Gasteiger charge is 2.21. The summed E-state index contributed by atoms with van der Waals surface area (Å²) in [5.74, 6) is 1.85. The third kappa shape index (κ3) is 5.29. The highest BCUT2D eigenvalue weighted by atomic mass is 16.3. The number of nitrogens with zero attached hydrogens (tertiary/aromatic N) is 4. The molecule has 0 aliphatic carbocycles. The lowest BCUT2D eigenvalue weighted by atomic mass is 9.93. The second-order valence-corrected chi connectivity index (χ2v) is 14.0. The van der Waals surface area contributed by atoms with Crippen LogP contribution in [0.2, 0.25) is 0 Å². The lowest BCUT2D eigenvalue weighted by Crippen LogP contribution is -2.01. The summed E-state index contributed by atoms with van der Waals surface area (Å²) in [6.07, 6.45) is 0. The molecule has 0 saturated carbocycles. The number of fused-ring (bicyclic) bond motifs is 7. The molecule has 0 radical (unpaired) electrons. The summed E-state index contributed by atoms with van der Waals surface area (Å²) < 4.78 is 9.08. The molecule has 0 fully saturated rings. The van der Waals surface area contributed by atoms with Crippen LogP contribution in [0.25, 0.3) is 106 Å². The van der Waals surface area contributed by atoms with Gasteiger partial charge in [0.15, 0.2) is 17.5 Å². The van der Waals surface area contributed by atoms with Crippen LogP contribution in [0.1, 0.15) is 0 Å². The molecule has 3 aromatic heterocycles. The second kappa shape index (κ2) is 13.0. The molecule has 11 rings (SSSR count). The molecule has 56 heavy (non-hydrogen) atoms. The van der Waals surface area contributed by atoms with Crippen molar-refractivity contribution in [3.63, 3.8) is 0 Å². The Balaban J connectivity index is 1.14. The quantitative estimate of drug-likeness (QED) is 0.172. The Morgan fingerprint density at radius 3 is 1.62 bits per heavy atom. The van der Waals surface area contributed by atoms with Gasteiger partial charge in [0.05, 0.1) is 11.0 Å². The lowest BCUT2D eigenvalue weighted by Gasteiger charge is -2.14. The van der Waals surface area contributed by atoms with Crippen molar-refractivity contribution in [2.45, 2.75) is 0 Å². The van der Waals surface area contributed by atoms with Gasteiger partial charge in [0, 0.05) is 43.9 Å². The van der Waals surface area contributed by atoms with Gasteiger partial charge >= 0.3 is 0 Å². The van der Waals surface area contributed by atoms with Crippen molar-refractivity contribution in [1.29, 1.82) is 0 Å². The van der Waals surface area contributed by atoms with Crippen molar-refractivity contribution in [2.24, 2.45) is 0 Å². The average molecular weight is 717 g/mol. The number of hydrogen-bond acceptors (Lipinski definition) is 4. The van der Waals surface area contributed by atoms with Crippen molar-refractivity contribution in [3.05, 3.63) is 194 Å². The number of para-hydroxylation sites is 2. The Hall–Kier alpha value is -7.63. The predicted octanol–water partition coefficient (Wildman–Crippen LogP) is 13.2. The van der Waals surface area contributed by atoms with Crippen LogP contribution in [0.15, 0.2) is 199 Å². The molecule has 5 nitrogen and oxygen atoms in total. The molecule has 0 N–H and O–H groups in total. The molecular weight excluding hydrogens is 685 g/mol. The molecule has 0 bridgehead atoms. The predicted molar refractivity (Wildman–Crippen MR) is 229 cm³/mol. The van der Waals surface area contributed by atoms with Gasteiger partial charge in [0.25, 0.3) is 0 Å². The first-order valence-electron chi connectivity index (χ1n) is 18.8. The van der Waals surface area contributed by atoms with E-state index < -0.39 is 0 Å². The molecule has 0 amide bonds. The number of hydrogen-bond donors (Lipinski definition) is 0. The smallest absolute Gasteiger partial charge is 0.164 e. The Morgan fingerprint density at radius 2 is 0.929 bits per heavy atom. The van der Waals surface area contributed by atoms with E-state index >= 15 is 0 Å². The number of aromatic nitrogens is 4. The Kier molecular flexibility index (Phi) is 7.42. The van der Waals surface area contributed by atoms with Gasteiger partial charge in [-0.1, -0.05) is 146 Å². The van der Waals surface area contributed by atoms with Crippen LogP contribution in [0.4, 0.5) is 0 Å². The molecule has 0 aliphatic heterocycles. The van der Waals surface area contributed by atoms with E-state index in [2.05, 4.69) is 132 Å². The lowest BCUT2D eigenvalue weighted by molar-refractivity contribution is 0.669. The number of rotatable bonds is 6. The van der Waals surface area contributed by atoms with Crippen molar-refractivity contribution in [2.75, 3.05) is 0 Å². The SMILES string of the molecule is c1ccc(-c2ccc(-c3ccc4c(c3)oc3ccc5c(c6ccccc6n5-c5ccccc5)c34)c(-c3nc(-c4ccccc4)nc(-c4ccccc4)n3)c2)cc1. The van der Waals surface area contributed by atoms with E-state index in [1.165, 1.54) is 10.8 Å². The molecule has 3 heterocycles. The van der Waals surface area contributed by atoms with Gasteiger partial charge < -0.3 is 8.98 Å². The first kappa shape index (κ1) is 31.9. The second-order valence-electron chi connectivity index (χ2n) is 14.0. The van der Waals surface area contributed by atoms with E-state index in [9.17, 15) is 0 Å². The minimum atomic E-state index is 0.602. The fraction of sp³-hybridized carbons (Fsp3) is 0. The van der Waals surface area contributed by atoms with E-state index in [-0.39, 0.29) is 0 Å². The van der Waals surface area contributed by atoms with Crippen molar-refractivity contribution >= 4 is 43.7 Å². The van der Waals surface area contributed by atoms with Gasteiger partial charge in [-0.25, -0.2) is 15.0 Å². The molecule has 262 valence electrons. The van der Waals surface area contributed by atoms with E-state index in [0.29, 0.717) is 17.5 Å². The summed E-state index contributed by atoms with van der Waals surface area (Å²) in [6, 6.07) is 67.3. The highest BCUT2D eigenvalue weighted by molar-refractivity contribution is 6.27. The van der Waals surface area contributed by atoms with Gasteiger partial charge in [-0.2, -0.15) is 0 Å². The fourth-order valence-corrected chi connectivity index (χ4v) is 8.07. The van der Waals surface area contributed by atoms with Crippen molar-refractivity contribution in [1.82, 2.24) is 19.5 Å². The summed E-state index contributed by atoms with van der Waals surface area (Å²) in [5.41, 5.74) is 12.1. The molecular formula is C51H32N4O. The fourth-order valence-electron chi connectivity index (χ4n) is 8.07. The first-order valence-corrected chi connectivity index (χ1v) is 18.8. The maximum Gasteiger partial charge on any atom is 0.164 e. The van der Waals surface area contributed by atoms with Crippen LogP contribution in [-0.4, -0.2) is 19.5 Å². The maximum absolute atomic E-state index is 6.73. The highest BCUT2D eigenvalue weighted by Crippen LogP contribution is 2.43. The molecule has 0 spiro atoms. The van der Waals surface area contributed by atoms with E-state index in [1.807, 2.05) is 66.7 Å². The Bertz CT molecular complexity index is 3170. The summed E-state index contributed by atoms with van der Waals surface area (Å²) in [7, 11) is 0. The van der Waals surface area contributed by atoms with Crippen LogP contribution in [-0.2, 0) is 0 Å². The zero-order valence-corrected chi connectivity index (χ0v) is 30.2. The largest absolute Gasteiger partial charge is 0.456 e. The zero-order valence-electron chi connectivity index (χ0n) is 30.2. The van der Waals surface area contributed by atoms with Gasteiger partial charge in [0.1, 0.15) is 11.2 Å². The Morgan fingerprint density at radius 1 is 0.339 bits per heavy atom. The summed E-state index contributed by atoms with van der Waals surface area (Å²) in [6.45, 7) is 0. The molecule has 11 aromatic rings. The third-order valence-electron chi connectivity index (χ3n) is 10.7. The topological polar surface area (TPSA) is 56.7 Å². The van der Waals surface area contributed by atoms with Gasteiger partial charge in [-0.15, -0.1) is 0 Å². The monoisotopic (exact) mass is 716 g/mol. The molecule has 0 saturated heterocycles. The molecule has 0 unspecified atom stereocenters. The molecule has 0 atom stereocenters. The van der Waals surface area contributed by atoms with Gasteiger partial charge in [0.2, 0.25) is 0 Å². The molecule has 0 aliphatic rings. The van der Waals surface area contributed by atoms with E-state index in [0.717, 1.165) is 77.6 Å². The third-order valence-corrected chi connectivity index (χ3v) is 10.7. The minimum Gasteiger partial charge on any atom is -0.456 e. The standard InChI is InChI=1S/C51H32N4O/c1-5-15-33(16-6-1)36-25-27-39(42(31-36)51-53-49(34-17-7-2-8-18-34)52-50(54-51)35-19-9-3-10-20-35)37-26-28-41-46(32-37)56-45-30-29-44-47(48(41)45)40-23-13-14-24-43(40)55(44)38-21-11-4-12-22-38/h1-32H. The van der Waals surface area contributed by atoms with E-state index in [4.69, 9.17) is 19.4 Å². The van der Waals surface area contributed by atoms with Gasteiger partial charge in [-0.3, -0.25) is 0 Å². The average Bonchev–Trinajstić information content (AvgIpc) is 3.82. The van der Waals surface area contributed by atoms with Crippen LogP contribution >= 0.6 is 0 Å². The zero-order chi connectivity index (χ0) is 37.0. The van der Waals surface area contributed by atoms with Crippen LogP contribution in [0, 0.1) is 0 Å². The minimum absolute atomic E-state index is 0.602. The first-order chi connectivity index (χ1) is 27.8. The summed E-state index contributed by atoms with van der Waals surface area (Å²) in [5, 5.41) is 4.58. The molecule has 5 heteroatoms. The maximum atomic E-state index is 6.73. The van der Waals surface area contributed by atoms with E-state index in [1.54, 1.807) is 0 Å². The van der Waals surface area contributed by atoms with Crippen LogP contribution in [0.5, 0.6) is 0 Å². The normalized spacial score (nSPS) is 11.6. The number of benzene rings is 8. The Labute approximate surface area is 322 Å². The summed E-state index contributed by atoms with van der Waals surface area (Å²) >= 11 is 0. The van der Waals surface area contributed by atoms with Gasteiger partial charge in [-0.05, 0) is 70.8 Å². The number of furan rings is 1. The van der Waals surface area contributed by atoms with Crippen LogP contribution < -0.4 is 0 Å². The molecule has 8 aromatic carbocycles. The van der Waals surface area contributed by atoms with Crippen molar-refractivity contribution in [3.8, 4) is 62.1 Å². The van der Waals surface area contributed by atoms with Crippen LogP contribution in [0.3, 0.4) is 0 Å².